The first-order valence-corrected chi connectivity index (χ1v) is 9.72. The van der Waals surface area contributed by atoms with Gasteiger partial charge in [0.1, 0.15) is 5.69 Å². The van der Waals surface area contributed by atoms with Gasteiger partial charge in [0, 0.05) is 12.1 Å². The van der Waals surface area contributed by atoms with Crippen LogP contribution in [0, 0.1) is 0 Å². The van der Waals surface area contributed by atoms with E-state index in [2.05, 4.69) is 33.7 Å². The number of H-pyrrole nitrogens is 1. The molecular formula is C24H23N3O3. The van der Waals surface area contributed by atoms with Gasteiger partial charge in [-0.25, -0.2) is 0 Å². The summed E-state index contributed by atoms with van der Waals surface area (Å²) < 4.78 is 10.6. The number of carbonyl (C=O) groups excluding carboxylic acids is 1. The van der Waals surface area contributed by atoms with Gasteiger partial charge in [-0.15, -0.1) is 0 Å². The second kappa shape index (κ2) is 8.69. The van der Waals surface area contributed by atoms with Crippen molar-refractivity contribution >= 4 is 16.7 Å². The highest BCUT2D eigenvalue weighted by molar-refractivity contribution is 5.98. The minimum Gasteiger partial charge on any atom is -0.493 e. The molecular weight excluding hydrogens is 378 g/mol. The van der Waals surface area contributed by atoms with Crippen LogP contribution < -0.4 is 14.8 Å². The molecule has 4 aromatic rings. The predicted octanol–water partition coefficient (Wildman–Crippen LogP) is 4.22. The van der Waals surface area contributed by atoms with Crippen LogP contribution in [0.2, 0.25) is 0 Å². The van der Waals surface area contributed by atoms with Gasteiger partial charge in [0.15, 0.2) is 11.5 Å². The number of carbonyl (C=O) groups is 1. The second-order valence-electron chi connectivity index (χ2n) is 6.89. The lowest BCUT2D eigenvalue weighted by Gasteiger charge is -2.09. The summed E-state index contributed by atoms with van der Waals surface area (Å²) in [6.07, 6.45) is 0.677. The summed E-state index contributed by atoms with van der Waals surface area (Å²) in [6, 6.07) is 21.7. The van der Waals surface area contributed by atoms with Gasteiger partial charge >= 0.3 is 0 Å². The van der Waals surface area contributed by atoms with Crippen molar-refractivity contribution < 1.29 is 14.3 Å². The molecule has 2 N–H and O–H groups in total. The van der Waals surface area contributed by atoms with Crippen molar-refractivity contribution in [3.05, 3.63) is 78.0 Å². The van der Waals surface area contributed by atoms with Crippen molar-refractivity contribution in [2.24, 2.45) is 0 Å². The fourth-order valence-corrected chi connectivity index (χ4v) is 3.48. The smallest absolute Gasteiger partial charge is 0.269 e. The van der Waals surface area contributed by atoms with E-state index in [-0.39, 0.29) is 5.91 Å². The third-order valence-electron chi connectivity index (χ3n) is 5.04. The molecule has 0 unspecified atom stereocenters. The number of benzene rings is 3. The molecule has 0 aliphatic rings. The Bertz CT molecular complexity index is 1180. The molecule has 3 aromatic carbocycles. The highest BCUT2D eigenvalue weighted by atomic mass is 16.5. The Labute approximate surface area is 174 Å². The van der Waals surface area contributed by atoms with E-state index in [1.54, 1.807) is 20.3 Å². The van der Waals surface area contributed by atoms with Crippen LogP contribution in [0.1, 0.15) is 16.1 Å². The zero-order valence-corrected chi connectivity index (χ0v) is 16.9. The lowest BCUT2D eigenvalue weighted by atomic mass is 10.0. The third-order valence-corrected chi connectivity index (χ3v) is 5.04. The van der Waals surface area contributed by atoms with Crippen molar-refractivity contribution in [3.8, 4) is 22.8 Å². The minimum absolute atomic E-state index is 0.186. The van der Waals surface area contributed by atoms with Crippen LogP contribution in [0.4, 0.5) is 0 Å². The van der Waals surface area contributed by atoms with E-state index in [1.165, 1.54) is 0 Å². The van der Waals surface area contributed by atoms with Gasteiger partial charge in [-0.2, -0.15) is 5.10 Å². The second-order valence-corrected chi connectivity index (χ2v) is 6.89. The van der Waals surface area contributed by atoms with E-state index in [0.29, 0.717) is 30.2 Å². The Morgan fingerprint density at radius 1 is 0.967 bits per heavy atom. The molecule has 6 heteroatoms. The number of ether oxygens (including phenoxy) is 2. The SMILES string of the molecule is COc1ccc(CCNC(=O)c2cc(-c3cccc4ccccc34)n[nH]2)cc1OC. The first-order chi connectivity index (χ1) is 14.7. The summed E-state index contributed by atoms with van der Waals surface area (Å²) in [7, 11) is 3.21. The summed E-state index contributed by atoms with van der Waals surface area (Å²) in [6.45, 7) is 0.497. The zero-order chi connectivity index (χ0) is 20.9. The normalized spacial score (nSPS) is 10.7. The van der Waals surface area contributed by atoms with Gasteiger partial charge in [-0.3, -0.25) is 9.89 Å². The molecule has 0 aliphatic carbocycles. The standard InChI is InChI=1S/C24H23N3O3/c1-29-22-11-10-16(14-23(22)30-2)12-13-25-24(28)21-15-20(26-27-21)19-9-5-7-17-6-3-4-8-18(17)19/h3-11,14-15H,12-13H2,1-2H3,(H,25,28)(H,26,27). The number of aromatic amines is 1. The number of nitrogens with zero attached hydrogens (tertiary/aromatic N) is 1. The Kier molecular flexibility index (Phi) is 5.66. The maximum Gasteiger partial charge on any atom is 0.269 e. The number of aromatic nitrogens is 2. The van der Waals surface area contributed by atoms with Crippen LogP contribution in [0.25, 0.3) is 22.0 Å². The zero-order valence-electron chi connectivity index (χ0n) is 16.9. The molecule has 0 saturated heterocycles. The molecule has 152 valence electrons. The number of rotatable bonds is 7. The summed E-state index contributed by atoms with van der Waals surface area (Å²) in [4.78, 5) is 12.5. The number of hydrogen-bond acceptors (Lipinski definition) is 4. The first-order valence-electron chi connectivity index (χ1n) is 9.72. The average molecular weight is 401 g/mol. The molecule has 0 radical (unpaired) electrons. The molecule has 0 fully saturated rings. The summed E-state index contributed by atoms with van der Waals surface area (Å²) >= 11 is 0. The average Bonchev–Trinajstić information content (AvgIpc) is 3.28. The van der Waals surface area contributed by atoms with Gasteiger partial charge in [-0.05, 0) is 41.0 Å². The van der Waals surface area contributed by atoms with Crippen LogP contribution in [-0.4, -0.2) is 36.9 Å². The highest BCUT2D eigenvalue weighted by Crippen LogP contribution is 2.28. The van der Waals surface area contributed by atoms with Gasteiger partial charge < -0.3 is 14.8 Å². The maximum atomic E-state index is 12.5. The molecule has 1 amide bonds. The van der Waals surface area contributed by atoms with Gasteiger partial charge in [0.05, 0.1) is 19.9 Å². The molecule has 1 aromatic heterocycles. The molecule has 6 nitrogen and oxygen atoms in total. The Hall–Kier alpha value is -3.80. The molecule has 1 heterocycles. The maximum absolute atomic E-state index is 12.5. The summed E-state index contributed by atoms with van der Waals surface area (Å²) in [5.74, 6) is 1.17. The molecule has 0 saturated carbocycles. The molecule has 0 atom stereocenters. The molecule has 0 spiro atoms. The largest absolute Gasteiger partial charge is 0.493 e. The Balaban J connectivity index is 1.42. The van der Waals surface area contributed by atoms with Crippen LogP contribution in [0.5, 0.6) is 11.5 Å². The molecule has 4 rings (SSSR count). The number of methoxy groups -OCH3 is 2. The lowest BCUT2D eigenvalue weighted by Crippen LogP contribution is -2.26. The monoisotopic (exact) mass is 401 g/mol. The van der Waals surface area contributed by atoms with Crippen molar-refractivity contribution in [3.63, 3.8) is 0 Å². The third kappa shape index (κ3) is 3.98. The number of hydrogen-bond donors (Lipinski definition) is 2. The van der Waals surface area contributed by atoms with Crippen molar-refractivity contribution in [2.45, 2.75) is 6.42 Å². The van der Waals surface area contributed by atoms with Crippen molar-refractivity contribution in [2.75, 3.05) is 20.8 Å². The molecule has 0 bridgehead atoms. The number of nitrogens with one attached hydrogen (secondary N) is 2. The predicted molar refractivity (Wildman–Crippen MR) is 117 cm³/mol. The van der Waals surface area contributed by atoms with E-state index in [0.717, 1.165) is 27.6 Å². The van der Waals surface area contributed by atoms with Gasteiger partial charge in [0.25, 0.3) is 5.91 Å². The number of fused-ring (bicyclic) bond motifs is 1. The van der Waals surface area contributed by atoms with Crippen LogP contribution in [0.15, 0.2) is 66.7 Å². The van der Waals surface area contributed by atoms with E-state index >= 15 is 0 Å². The first kappa shape index (κ1) is 19.5. The summed E-state index contributed by atoms with van der Waals surface area (Å²) in [5, 5.41) is 12.4. The fraction of sp³-hybridized carbons (Fsp3) is 0.167. The van der Waals surface area contributed by atoms with Crippen molar-refractivity contribution in [1.82, 2.24) is 15.5 Å². The van der Waals surface area contributed by atoms with Gasteiger partial charge in [-0.1, -0.05) is 48.5 Å². The Morgan fingerprint density at radius 2 is 1.77 bits per heavy atom. The lowest BCUT2D eigenvalue weighted by molar-refractivity contribution is 0.0949. The van der Waals surface area contributed by atoms with E-state index in [9.17, 15) is 4.79 Å². The van der Waals surface area contributed by atoms with Crippen LogP contribution in [0.3, 0.4) is 0 Å². The summed E-state index contributed by atoms with van der Waals surface area (Å²) in [5.41, 5.74) is 3.23. The van der Waals surface area contributed by atoms with Crippen LogP contribution >= 0.6 is 0 Å². The molecule has 0 aliphatic heterocycles. The van der Waals surface area contributed by atoms with E-state index < -0.39 is 0 Å². The van der Waals surface area contributed by atoms with E-state index in [1.807, 2.05) is 42.5 Å². The quantitative estimate of drug-likeness (QED) is 0.486. The van der Waals surface area contributed by atoms with Crippen molar-refractivity contribution in [1.29, 1.82) is 0 Å². The fourth-order valence-electron chi connectivity index (χ4n) is 3.48. The van der Waals surface area contributed by atoms with Gasteiger partial charge in [0.2, 0.25) is 0 Å². The highest BCUT2D eigenvalue weighted by Gasteiger charge is 2.13. The molecule has 30 heavy (non-hydrogen) atoms. The van der Waals surface area contributed by atoms with Crippen LogP contribution in [-0.2, 0) is 6.42 Å². The number of amides is 1. The minimum atomic E-state index is -0.186. The van der Waals surface area contributed by atoms with E-state index in [4.69, 9.17) is 9.47 Å². The topological polar surface area (TPSA) is 76.2 Å². The Morgan fingerprint density at radius 3 is 2.60 bits per heavy atom.